The second kappa shape index (κ2) is 5.40. The van der Waals surface area contributed by atoms with E-state index in [1.165, 1.54) is 5.56 Å². The number of aryl methyl sites for hydroxylation is 2. The van der Waals surface area contributed by atoms with E-state index in [1.54, 1.807) is 10.9 Å². The van der Waals surface area contributed by atoms with E-state index in [2.05, 4.69) is 36.3 Å². The van der Waals surface area contributed by atoms with Crippen LogP contribution in [0.5, 0.6) is 0 Å². The molecule has 2 aromatic heterocycles. The van der Waals surface area contributed by atoms with Crippen molar-refractivity contribution in [3.8, 4) is 11.5 Å². The number of nitrogens with zero attached hydrogens (tertiary/aromatic N) is 2. The van der Waals surface area contributed by atoms with Crippen molar-refractivity contribution in [3.05, 3.63) is 65.0 Å². The van der Waals surface area contributed by atoms with Gasteiger partial charge in [0.1, 0.15) is 11.5 Å². The zero-order chi connectivity index (χ0) is 14.8. The summed E-state index contributed by atoms with van der Waals surface area (Å²) in [4.78, 5) is 11.2. The number of aldehydes is 1. The third-order valence-corrected chi connectivity index (χ3v) is 3.36. The minimum atomic E-state index is 0.538. The summed E-state index contributed by atoms with van der Waals surface area (Å²) in [6, 6.07) is 12.0. The van der Waals surface area contributed by atoms with Gasteiger partial charge in [0.05, 0.1) is 12.1 Å². The van der Waals surface area contributed by atoms with Crippen molar-refractivity contribution in [2.75, 3.05) is 0 Å². The van der Waals surface area contributed by atoms with Gasteiger partial charge in [-0.25, -0.2) is 0 Å². The summed E-state index contributed by atoms with van der Waals surface area (Å²) < 4.78 is 7.32. The fourth-order valence-corrected chi connectivity index (χ4v) is 2.24. The molecular formula is C17H16N2O2. The Morgan fingerprint density at radius 3 is 2.52 bits per heavy atom. The van der Waals surface area contributed by atoms with E-state index in [9.17, 15) is 4.79 Å². The molecule has 0 aliphatic rings. The molecule has 0 spiro atoms. The van der Waals surface area contributed by atoms with E-state index < -0.39 is 0 Å². The molecule has 0 radical (unpaired) electrons. The second-order valence-electron chi connectivity index (χ2n) is 5.14. The van der Waals surface area contributed by atoms with E-state index in [4.69, 9.17) is 4.42 Å². The minimum absolute atomic E-state index is 0.538. The summed E-state index contributed by atoms with van der Waals surface area (Å²) in [6.45, 7) is 4.55. The van der Waals surface area contributed by atoms with Crippen LogP contribution in [0, 0.1) is 13.8 Å². The number of hydrogen-bond donors (Lipinski definition) is 0. The minimum Gasteiger partial charge on any atom is -0.460 e. The van der Waals surface area contributed by atoms with Gasteiger partial charge in [-0.1, -0.05) is 29.8 Å². The summed E-state index contributed by atoms with van der Waals surface area (Å²) in [7, 11) is 0. The average molecular weight is 280 g/mol. The molecule has 0 bridgehead atoms. The molecule has 21 heavy (non-hydrogen) atoms. The highest BCUT2D eigenvalue weighted by Crippen LogP contribution is 2.23. The van der Waals surface area contributed by atoms with Crippen molar-refractivity contribution in [1.82, 2.24) is 9.78 Å². The summed E-state index contributed by atoms with van der Waals surface area (Å²) in [6.07, 6.45) is 2.56. The number of carbonyl (C=O) groups is 1. The van der Waals surface area contributed by atoms with Crippen molar-refractivity contribution < 1.29 is 9.21 Å². The molecular weight excluding hydrogens is 264 g/mol. The lowest BCUT2D eigenvalue weighted by atomic mass is 10.1. The number of aromatic nitrogens is 2. The van der Waals surface area contributed by atoms with Gasteiger partial charge in [0.2, 0.25) is 0 Å². The predicted molar refractivity (Wildman–Crippen MR) is 80.3 cm³/mol. The molecule has 4 nitrogen and oxygen atoms in total. The zero-order valence-electron chi connectivity index (χ0n) is 12.0. The van der Waals surface area contributed by atoms with Gasteiger partial charge >= 0.3 is 0 Å². The van der Waals surface area contributed by atoms with Gasteiger partial charge in [-0.3, -0.25) is 9.48 Å². The van der Waals surface area contributed by atoms with Crippen LogP contribution in [0.15, 0.2) is 47.0 Å². The van der Waals surface area contributed by atoms with Gasteiger partial charge in [-0.15, -0.1) is 0 Å². The maximum atomic E-state index is 11.2. The molecule has 1 aromatic carbocycles. The predicted octanol–water partition coefficient (Wildman–Crippen LogP) is 3.62. The van der Waals surface area contributed by atoms with Crippen LogP contribution in [0.25, 0.3) is 11.5 Å². The van der Waals surface area contributed by atoms with Crippen molar-refractivity contribution in [3.63, 3.8) is 0 Å². The van der Waals surface area contributed by atoms with Crippen molar-refractivity contribution in [1.29, 1.82) is 0 Å². The van der Waals surface area contributed by atoms with Gasteiger partial charge in [0.15, 0.2) is 12.0 Å². The third kappa shape index (κ3) is 2.79. The lowest BCUT2D eigenvalue weighted by Gasteiger charge is -2.02. The Kier molecular flexibility index (Phi) is 3.44. The molecule has 106 valence electrons. The summed E-state index contributed by atoms with van der Waals surface area (Å²) >= 11 is 0. The Morgan fingerprint density at radius 2 is 1.90 bits per heavy atom. The van der Waals surface area contributed by atoms with Crippen LogP contribution in [0.1, 0.15) is 27.2 Å². The SMILES string of the molecule is Cc1ccc(Cn2cc(C=O)c(-c3ccc(C)o3)n2)cc1. The lowest BCUT2D eigenvalue weighted by molar-refractivity contribution is 0.112. The van der Waals surface area contributed by atoms with Gasteiger partial charge in [0, 0.05) is 6.20 Å². The summed E-state index contributed by atoms with van der Waals surface area (Å²) in [5.74, 6) is 1.42. The van der Waals surface area contributed by atoms with Crippen LogP contribution >= 0.6 is 0 Å². The fraction of sp³-hybridized carbons (Fsp3) is 0.176. The van der Waals surface area contributed by atoms with Crippen LogP contribution in [-0.2, 0) is 6.54 Å². The van der Waals surface area contributed by atoms with Crippen LogP contribution in [0.3, 0.4) is 0 Å². The molecule has 0 aliphatic heterocycles. The van der Waals surface area contributed by atoms with Crippen LogP contribution in [0.4, 0.5) is 0 Å². The second-order valence-corrected chi connectivity index (χ2v) is 5.14. The first-order valence-electron chi connectivity index (χ1n) is 6.80. The number of furan rings is 1. The molecule has 0 saturated heterocycles. The zero-order valence-corrected chi connectivity index (χ0v) is 12.0. The average Bonchev–Trinajstić information content (AvgIpc) is 3.07. The van der Waals surface area contributed by atoms with Crippen molar-refractivity contribution in [2.45, 2.75) is 20.4 Å². The standard InChI is InChI=1S/C17H16N2O2/c1-12-3-6-14(7-4-12)9-19-10-15(11-20)17(18-19)16-8-5-13(2)21-16/h3-8,10-11H,9H2,1-2H3. The Morgan fingerprint density at radius 1 is 1.14 bits per heavy atom. The van der Waals surface area contributed by atoms with Crippen LogP contribution < -0.4 is 0 Å². The quantitative estimate of drug-likeness (QED) is 0.686. The summed E-state index contributed by atoms with van der Waals surface area (Å²) in [5, 5.41) is 4.47. The van der Waals surface area contributed by atoms with Gasteiger partial charge in [-0.2, -0.15) is 5.10 Å². The highest BCUT2D eigenvalue weighted by atomic mass is 16.3. The smallest absolute Gasteiger partial charge is 0.155 e. The van der Waals surface area contributed by atoms with E-state index in [0.717, 1.165) is 17.6 Å². The van der Waals surface area contributed by atoms with E-state index >= 15 is 0 Å². The van der Waals surface area contributed by atoms with Gasteiger partial charge in [0.25, 0.3) is 0 Å². The monoisotopic (exact) mass is 280 g/mol. The number of carbonyl (C=O) groups excluding carboxylic acids is 1. The fourth-order valence-electron chi connectivity index (χ4n) is 2.24. The molecule has 0 aliphatic carbocycles. The van der Waals surface area contributed by atoms with E-state index in [1.807, 2.05) is 19.1 Å². The topological polar surface area (TPSA) is 48.0 Å². The van der Waals surface area contributed by atoms with E-state index in [0.29, 0.717) is 23.6 Å². The molecule has 0 saturated carbocycles. The largest absolute Gasteiger partial charge is 0.460 e. The highest BCUT2D eigenvalue weighted by Gasteiger charge is 2.14. The van der Waals surface area contributed by atoms with E-state index in [-0.39, 0.29) is 0 Å². The first-order chi connectivity index (χ1) is 10.2. The maximum Gasteiger partial charge on any atom is 0.155 e. The van der Waals surface area contributed by atoms with Gasteiger partial charge < -0.3 is 4.42 Å². The van der Waals surface area contributed by atoms with Crippen molar-refractivity contribution in [2.24, 2.45) is 0 Å². The molecule has 4 heteroatoms. The summed E-state index contributed by atoms with van der Waals surface area (Å²) in [5.41, 5.74) is 3.49. The normalized spacial score (nSPS) is 10.8. The first kappa shape index (κ1) is 13.4. The molecule has 0 N–H and O–H groups in total. The van der Waals surface area contributed by atoms with Crippen LogP contribution in [-0.4, -0.2) is 16.1 Å². The highest BCUT2D eigenvalue weighted by molar-refractivity contribution is 5.84. The number of rotatable bonds is 4. The van der Waals surface area contributed by atoms with Crippen LogP contribution in [0.2, 0.25) is 0 Å². The first-order valence-corrected chi connectivity index (χ1v) is 6.80. The Balaban J connectivity index is 1.92. The Labute approximate surface area is 123 Å². The third-order valence-electron chi connectivity index (χ3n) is 3.36. The Bertz CT molecular complexity index is 766. The van der Waals surface area contributed by atoms with Gasteiger partial charge in [-0.05, 0) is 31.5 Å². The van der Waals surface area contributed by atoms with Crippen molar-refractivity contribution >= 4 is 6.29 Å². The Hall–Kier alpha value is -2.62. The molecule has 2 heterocycles. The molecule has 3 rings (SSSR count). The molecule has 0 amide bonds. The number of benzene rings is 1. The number of hydrogen-bond acceptors (Lipinski definition) is 3. The molecule has 0 unspecified atom stereocenters. The molecule has 0 fully saturated rings. The molecule has 3 aromatic rings. The lowest BCUT2D eigenvalue weighted by Crippen LogP contribution is -2.00. The maximum absolute atomic E-state index is 11.2. The molecule has 0 atom stereocenters.